The molecule has 1 aliphatic rings. The molecule has 100 valence electrons. The summed E-state index contributed by atoms with van der Waals surface area (Å²) in [6.45, 7) is -1.08. The minimum Gasteiger partial charge on any atom is -0.493 e. The number of methoxy groups -OCH3 is 1. The molecule has 0 aliphatic carbocycles. The summed E-state index contributed by atoms with van der Waals surface area (Å²) in [5.74, 6) is 0.220. The molecular formula is C11H11F3O4. The normalized spacial score (nSPS) is 27.3. The fourth-order valence-corrected chi connectivity index (χ4v) is 1.82. The van der Waals surface area contributed by atoms with Crippen LogP contribution in [0.4, 0.5) is 13.2 Å². The molecule has 2 atom stereocenters. The van der Waals surface area contributed by atoms with Gasteiger partial charge in [0.15, 0.2) is 11.5 Å². The highest BCUT2D eigenvalue weighted by Crippen LogP contribution is 2.48. The quantitative estimate of drug-likeness (QED) is 0.805. The minimum atomic E-state index is -4.99. The van der Waals surface area contributed by atoms with Crippen molar-refractivity contribution in [2.24, 2.45) is 0 Å². The van der Waals surface area contributed by atoms with Crippen molar-refractivity contribution in [2.75, 3.05) is 13.7 Å². The van der Waals surface area contributed by atoms with Gasteiger partial charge in [-0.3, -0.25) is 0 Å². The Hall–Kier alpha value is -1.47. The Labute approximate surface area is 101 Å². The molecule has 0 radical (unpaired) electrons. The number of alkyl halides is 3. The highest BCUT2D eigenvalue weighted by molar-refractivity contribution is 5.50. The van der Waals surface area contributed by atoms with Gasteiger partial charge in [0.05, 0.1) is 7.11 Å². The van der Waals surface area contributed by atoms with Crippen molar-refractivity contribution in [1.29, 1.82) is 0 Å². The third-order valence-electron chi connectivity index (χ3n) is 2.90. The lowest BCUT2D eigenvalue weighted by Crippen LogP contribution is -2.56. The Balaban J connectivity index is 2.50. The van der Waals surface area contributed by atoms with E-state index >= 15 is 0 Å². The Bertz CT molecular complexity index is 460. The minimum absolute atomic E-state index is 0.0152. The van der Waals surface area contributed by atoms with Gasteiger partial charge in [0.2, 0.25) is 5.60 Å². The molecule has 0 amide bonds. The number of hydrogen-bond acceptors (Lipinski definition) is 4. The van der Waals surface area contributed by atoms with Crippen LogP contribution in [0.15, 0.2) is 18.2 Å². The van der Waals surface area contributed by atoms with Crippen LogP contribution in [0.5, 0.6) is 11.5 Å². The maximum atomic E-state index is 12.7. The fourth-order valence-electron chi connectivity index (χ4n) is 1.82. The van der Waals surface area contributed by atoms with Gasteiger partial charge in [0.1, 0.15) is 12.7 Å². The van der Waals surface area contributed by atoms with E-state index in [2.05, 4.69) is 0 Å². The Morgan fingerprint density at radius 1 is 1.44 bits per heavy atom. The number of fused-ring (bicyclic) bond motifs is 1. The van der Waals surface area contributed by atoms with Crippen molar-refractivity contribution in [2.45, 2.75) is 17.9 Å². The predicted molar refractivity (Wildman–Crippen MR) is 54.5 cm³/mol. The molecule has 0 fully saturated rings. The zero-order chi connectivity index (χ0) is 13.6. The number of halogens is 3. The van der Waals surface area contributed by atoms with Crippen molar-refractivity contribution >= 4 is 0 Å². The van der Waals surface area contributed by atoms with E-state index in [-0.39, 0.29) is 17.1 Å². The van der Waals surface area contributed by atoms with Gasteiger partial charge in [-0.2, -0.15) is 13.2 Å². The first kappa shape index (κ1) is 13.0. The monoisotopic (exact) mass is 264 g/mol. The molecule has 1 aromatic carbocycles. The van der Waals surface area contributed by atoms with Gasteiger partial charge in [-0.1, -0.05) is 12.1 Å². The molecule has 2 N–H and O–H groups in total. The second-order valence-corrected chi connectivity index (χ2v) is 3.99. The van der Waals surface area contributed by atoms with E-state index in [9.17, 15) is 23.4 Å². The average molecular weight is 264 g/mol. The molecular weight excluding hydrogens is 253 g/mol. The smallest absolute Gasteiger partial charge is 0.423 e. The number of ether oxygens (including phenoxy) is 2. The second kappa shape index (κ2) is 4.03. The number of aliphatic hydroxyl groups excluding tert-OH is 1. The molecule has 0 saturated heterocycles. The van der Waals surface area contributed by atoms with Gasteiger partial charge in [-0.15, -0.1) is 0 Å². The first-order chi connectivity index (χ1) is 8.31. The molecule has 7 heteroatoms. The van der Waals surface area contributed by atoms with Crippen molar-refractivity contribution < 1.29 is 32.9 Å². The Morgan fingerprint density at radius 3 is 2.67 bits per heavy atom. The van der Waals surface area contributed by atoms with Gasteiger partial charge < -0.3 is 19.7 Å². The molecule has 1 aromatic rings. The third kappa shape index (κ3) is 1.70. The van der Waals surface area contributed by atoms with E-state index in [0.29, 0.717) is 0 Å². The van der Waals surface area contributed by atoms with Gasteiger partial charge in [-0.25, -0.2) is 0 Å². The van der Waals surface area contributed by atoms with Crippen molar-refractivity contribution in [3.8, 4) is 11.5 Å². The second-order valence-electron chi connectivity index (χ2n) is 3.99. The fraction of sp³-hybridized carbons (Fsp3) is 0.455. The highest BCUT2D eigenvalue weighted by atomic mass is 19.4. The van der Waals surface area contributed by atoms with Gasteiger partial charge >= 0.3 is 6.18 Å². The van der Waals surface area contributed by atoms with E-state index in [0.717, 1.165) is 0 Å². The van der Waals surface area contributed by atoms with E-state index in [1.165, 1.54) is 25.3 Å². The molecule has 1 aliphatic heterocycles. The zero-order valence-corrected chi connectivity index (χ0v) is 9.36. The molecule has 2 unspecified atom stereocenters. The molecule has 4 nitrogen and oxygen atoms in total. The number of hydrogen-bond donors (Lipinski definition) is 2. The van der Waals surface area contributed by atoms with Crippen LogP contribution in [0.2, 0.25) is 0 Å². The van der Waals surface area contributed by atoms with Crippen LogP contribution in [0.3, 0.4) is 0 Å². The van der Waals surface area contributed by atoms with Crippen LogP contribution in [-0.2, 0) is 0 Å². The average Bonchev–Trinajstić information content (AvgIpc) is 2.32. The van der Waals surface area contributed by atoms with Gasteiger partial charge in [0, 0.05) is 5.56 Å². The zero-order valence-electron chi connectivity index (χ0n) is 9.36. The largest absolute Gasteiger partial charge is 0.493 e. The number of para-hydroxylation sites is 1. The third-order valence-corrected chi connectivity index (χ3v) is 2.90. The summed E-state index contributed by atoms with van der Waals surface area (Å²) in [6, 6.07) is 4.15. The maximum Gasteiger partial charge on any atom is 0.423 e. The lowest BCUT2D eigenvalue weighted by atomic mass is 9.88. The number of rotatable bonds is 1. The van der Waals surface area contributed by atoms with Crippen LogP contribution < -0.4 is 9.47 Å². The number of benzene rings is 1. The molecule has 18 heavy (non-hydrogen) atoms. The highest BCUT2D eigenvalue weighted by Gasteiger charge is 2.62. The molecule has 1 heterocycles. The lowest BCUT2D eigenvalue weighted by Gasteiger charge is -2.39. The molecule has 2 rings (SSSR count). The lowest BCUT2D eigenvalue weighted by molar-refractivity contribution is -0.304. The van der Waals surface area contributed by atoms with Crippen LogP contribution in [0, 0.1) is 0 Å². The topological polar surface area (TPSA) is 58.9 Å². The standard InChI is InChI=1S/C11H11F3O4/c1-17-7-4-2-3-6-8(7)18-5-10(16,9(6)15)11(12,13)14/h2-4,9,15-16H,5H2,1H3. The summed E-state index contributed by atoms with van der Waals surface area (Å²) in [4.78, 5) is 0. The Kier molecular flexibility index (Phi) is 2.90. The summed E-state index contributed by atoms with van der Waals surface area (Å²) in [6.07, 6.45) is -7.11. The molecule has 0 spiro atoms. The Morgan fingerprint density at radius 2 is 2.11 bits per heavy atom. The van der Waals surface area contributed by atoms with Gasteiger partial charge in [-0.05, 0) is 6.07 Å². The molecule has 0 saturated carbocycles. The van der Waals surface area contributed by atoms with Crippen LogP contribution in [0.1, 0.15) is 11.7 Å². The van der Waals surface area contributed by atoms with Crippen LogP contribution in [0.25, 0.3) is 0 Å². The van der Waals surface area contributed by atoms with E-state index in [1.54, 1.807) is 0 Å². The summed E-state index contributed by atoms with van der Waals surface area (Å²) >= 11 is 0. The summed E-state index contributed by atoms with van der Waals surface area (Å²) < 4.78 is 48.0. The summed E-state index contributed by atoms with van der Waals surface area (Å²) in [5, 5.41) is 19.3. The van der Waals surface area contributed by atoms with E-state index < -0.39 is 24.5 Å². The predicted octanol–water partition coefficient (Wildman–Crippen LogP) is 1.41. The van der Waals surface area contributed by atoms with Crippen LogP contribution >= 0.6 is 0 Å². The first-order valence-corrected chi connectivity index (χ1v) is 5.08. The van der Waals surface area contributed by atoms with E-state index in [1.807, 2.05) is 0 Å². The van der Waals surface area contributed by atoms with Crippen molar-refractivity contribution in [3.63, 3.8) is 0 Å². The summed E-state index contributed by atoms with van der Waals surface area (Å²) in [7, 11) is 1.33. The molecule has 0 aromatic heterocycles. The SMILES string of the molecule is COc1cccc2c1OCC(O)(C(F)(F)F)C2O. The maximum absolute atomic E-state index is 12.7. The van der Waals surface area contributed by atoms with Crippen molar-refractivity contribution in [3.05, 3.63) is 23.8 Å². The van der Waals surface area contributed by atoms with Crippen molar-refractivity contribution in [1.82, 2.24) is 0 Å². The molecule has 0 bridgehead atoms. The first-order valence-electron chi connectivity index (χ1n) is 5.08. The summed E-state index contributed by atoms with van der Waals surface area (Å²) in [5.41, 5.74) is -3.47. The van der Waals surface area contributed by atoms with Gasteiger partial charge in [0.25, 0.3) is 0 Å². The van der Waals surface area contributed by atoms with Crippen LogP contribution in [-0.4, -0.2) is 35.7 Å². The van der Waals surface area contributed by atoms with E-state index in [4.69, 9.17) is 9.47 Å². The number of aliphatic hydroxyl groups is 2.